The van der Waals surface area contributed by atoms with E-state index in [1.54, 1.807) is 18.3 Å². The van der Waals surface area contributed by atoms with E-state index in [9.17, 15) is 34.5 Å². The van der Waals surface area contributed by atoms with Gasteiger partial charge in [0.1, 0.15) is 23.9 Å². The minimum absolute atomic E-state index is 0.00696. The summed E-state index contributed by atoms with van der Waals surface area (Å²) in [4.78, 5) is 54.4. The van der Waals surface area contributed by atoms with E-state index >= 15 is 0 Å². The highest BCUT2D eigenvalue weighted by Crippen LogP contribution is 2.19. The first-order valence-corrected chi connectivity index (χ1v) is 13.8. The number of rotatable bonds is 14. The Balaban J connectivity index is 1.75. The number of phenolic OH excluding ortho intramolecular Hbond substituents is 1. The molecule has 0 saturated carbocycles. The first-order valence-electron chi connectivity index (χ1n) is 13.8. The Morgan fingerprint density at radius 2 is 1.50 bits per heavy atom. The molecule has 3 rings (SSSR count). The quantitative estimate of drug-likeness (QED) is 0.137. The number of amides is 3. The Labute approximate surface area is 243 Å². The number of aliphatic hydroxyl groups is 1. The number of carbonyl (C=O) groups is 4. The van der Waals surface area contributed by atoms with Crippen LogP contribution in [-0.4, -0.2) is 74.3 Å². The van der Waals surface area contributed by atoms with Gasteiger partial charge in [-0.15, -0.1) is 0 Å². The van der Waals surface area contributed by atoms with Crippen molar-refractivity contribution in [2.75, 3.05) is 0 Å². The number of phenols is 1. The molecule has 226 valence electrons. The van der Waals surface area contributed by atoms with Gasteiger partial charge in [0.25, 0.3) is 0 Å². The van der Waals surface area contributed by atoms with Gasteiger partial charge in [-0.1, -0.05) is 44.2 Å². The molecule has 3 amide bonds. The maximum Gasteiger partial charge on any atom is 0.326 e. The van der Waals surface area contributed by atoms with E-state index in [4.69, 9.17) is 5.73 Å². The normalized spacial score (nSPS) is 14.9. The number of hydrogen-bond acceptors (Lipinski definition) is 7. The van der Waals surface area contributed by atoms with Crippen LogP contribution in [0.4, 0.5) is 0 Å². The number of para-hydroxylation sites is 1. The molecule has 0 saturated heterocycles. The van der Waals surface area contributed by atoms with E-state index < -0.39 is 54.0 Å². The Morgan fingerprint density at radius 1 is 0.857 bits per heavy atom. The number of hydrogen-bond donors (Lipinski definition) is 8. The highest BCUT2D eigenvalue weighted by molar-refractivity contribution is 5.95. The first-order chi connectivity index (χ1) is 19.8. The summed E-state index contributed by atoms with van der Waals surface area (Å²) in [7, 11) is 0. The third-order valence-electron chi connectivity index (χ3n) is 6.84. The van der Waals surface area contributed by atoms with Crippen molar-refractivity contribution in [1.29, 1.82) is 0 Å². The Kier molecular flexibility index (Phi) is 11.1. The smallest absolute Gasteiger partial charge is 0.326 e. The predicted molar refractivity (Wildman–Crippen MR) is 156 cm³/mol. The lowest BCUT2D eigenvalue weighted by atomic mass is 10.0. The van der Waals surface area contributed by atoms with Gasteiger partial charge in [-0.3, -0.25) is 14.4 Å². The van der Waals surface area contributed by atoms with E-state index in [0.717, 1.165) is 16.5 Å². The number of carboxylic acid groups (broad SMARTS) is 1. The number of nitrogens with one attached hydrogen (secondary N) is 4. The van der Waals surface area contributed by atoms with E-state index in [-0.39, 0.29) is 30.9 Å². The van der Waals surface area contributed by atoms with Gasteiger partial charge in [-0.25, -0.2) is 4.79 Å². The lowest BCUT2D eigenvalue weighted by Crippen LogP contribution is -2.60. The van der Waals surface area contributed by atoms with Gasteiger partial charge in [-0.2, -0.15) is 0 Å². The van der Waals surface area contributed by atoms with E-state index in [2.05, 4.69) is 20.9 Å². The number of aliphatic carboxylic acids is 1. The molecule has 0 fully saturated rings. The van der Waals surface area contributed by atoms with Crippen LogP contribution in [0.2, 0.25) is 0 Å². The average molecular weight is 582 g/mol. The van der Waals surface area contributed by atoms with Crippen LogP contribution in [0.15, 0.2) is 54.7 Å². The number of benzene rings is 2. The van der Waals surface area contributed by atoms with Crippen LogP contribution in [0.5, 0.6) is 5.75 Å². The van der Waals surface area contributed by atoms with Crippen molar-refractivity contribution in [3.63, 3.8) is 0 Å². The molecular weight excluding hydrogens is 542 g/mol. The van der Waals surface area contributed by atoms with Crippen molar-refractivity contribution in [3.8, 4) is 5.75 Å². The van der Waals surface area contributed by atoms with Crippen LogP contribution in [0.1, 0.15) is 38.3 Å². The summed E-state index contributed by atoms with van der Waals surface area (Å²) in [5, 5.41) is 38.0. The molecule has 0 aliphatic heterocycles. The summed E-state index contributed by atoms with van der Waals surface area (Å²) in [6.45, 7) is 4.95. The van der Waals surface area contributed by atoms with Crippen molar-refractivity contribution in [1.82, 2.24) is 20.9 Å². The second kappa shape index (κ2) is 14.5. The average Bonchev–Trinajstić information content (AvgIpc) is 3.33. The van der Waals surface area contributed by atoms with Crippen LogP contribution in [0.25, 0.3) is 10.9 Å². The number of aromatic amines is 1. The van der Waals surface area contributed by atoms with Crippen molar-refractivity contribution < 1.29 is 34.5 Å². The molecule has 42 heavy (non-hydrogen) atoms. The molecule has 0 spiro atoms. The number of aromatic nitrogens is 1. The molecule has 0 radical (unpaired) electrons. The topological polar surface area (TPSA) is 207 Å². The SMILES string of the molecule is CC(C)CC(NC(=O)C(Cc1ccc(O)cc1)NC(=O)C(NC(=O)C(N)Cc1c[nH]c2ccccc12)C(C)O)C(=O)O. The molecule has 9 N–H and O–H groups in total. The minimum Gasteiger partial charge on any atom is -0.508 e. The number of fused-ring (bicyclic) bond motifs is 1. The molecule has 2 aromatic carbocycles. The van der Waals surface area contributed by atoms with Gasteiger partial charge in [0.15, 0.2) is 0 Å². The Morgan fingerprint density at radius 3 is 2.12 bits per heavy atom. The molecular formula is C30H39N5O7. The largest absolute Gasteiger partial charge is 0.508 e. The van der Waals surface area contributed by atoms with E-state index in [0.29, 0.717) is 5.56 Å². The van der Waals surface area contributed by atoms with Crippen LogP contribution in [0, 0.1) is 5.92 Å². The van der Waals surface area contributed by atoms with Crippen LogP contribution in [0.3, 0.4) is 0 Å². The minimum atomic E-state index is -1.45. The van der Waals surface area contributed by atoms with Gasteiger partial charge < -0.3 is 42.0 Å². The van der Waals surface area contributed by atoms with E-state index in [1.807, 2.05) is 38.1 Å². The number of carboxylic acids is 1. The zero-order valence-corrected chi connectivity index (χ0v) is 23.8. The summed E-state index contributed by atoms with van der Waals surface area (Å²) in [5.74, 6) is -3.52. The molecule has 0 aliphatic rings. The van der Waals surface area contributed by atoms with Gasteiger partial charge >= 0.3 is 5.97 Å². The summed E-state index contributed by atoms with van der Waals surface area (Å²) in [6, 6.07) is 8.54. The molecule has 1 heterocycles. The van der Waals surface area contributed by atoms with Crippen molar-refractivity contribution >= 4 is 34.6 Å². The highest BCUT2D eigenvalue weighted by Gasteiger charge is 2.33. The van der Waals surface area contributed by atoms with Crippen LogP contribution in [-0.2, 0) is 32.0 Å². The fourth-order valence-electron chi connectivity index (χ4n) is 4.60. The lowest BCUT2D eigenvalue weighted by molar-refractivity contribution is -0.143. The first kappa shape index (κ1) is 32.1. The Bertz CT molecular complexity index is 1390. The summed E-state index contributed by atoms with van der Waals surface area (Å²) < 4.78 is 0. The molecule has 5 atom stereocenters. The maximum atomic E-state index is 13.3. The van der Waals surface area contributed by atoms with Crippen molar-refractivity contribution in [2.24, 2.45) is 11.7 Å². The summed E-state index contributed by atoms with van der Waals surface area (Å²) in [6.07, 6.45) is 0.697. The summed E-state index contributed by atoms with van der Waals surface area (Å²) >= 11 is 0. The van der Waals surface area contributed by atoms with Crippen molar-refractivity contribution in [3.05, 3.63) is 65.9 Å². The maximum absolute atomic E-state index is 13.3. The number of H-pyrrole nitrogens is 1. The fraction of sp³-hybridized carbons (Fsp3) is 0.400. The second-order valence-electron chi connectivity index (χ2n) is 10.9. The number of nitrogens with two attached hydrogens (primary N) is 1. The number of aliphatic hydroxyl groups excluding tert-OH is 1. The Hall–Kier alpha value is -4.42. The van der Waals surface area contributed by atoms with E-state index in [1.165, 1.54) is 19.1 Å². The third-order valence-corrected chi connectivity index (χ3v) is 6.84. The monoisotopic (exact) mass is 581 g/mol. The second-order valence-corrected chi connectivity index (χ2v) is 10.9. The standard InChI is InChI=1S/C30H39N5O7/c1-16(2)12-25(30(41)42)34-28(39)24(13-18-8-10-20(37)11-9-18)33-29(40)26(17(3)36)35-27(38)22(31)14-19-15-32-23-7-5-4-6-21(19)23/h4-11,15-17,22,24-26,32,36-37H,12-14,31H2,1-3H3,(H,33,40)(H,34,39)(H,35,38)(H,41,42). The molecule has 12 heteroatoms. The fourth-order valence-corrected chi connectivity index (χ4v) is 4.60. The molecule has 0 bridgehead atoms. The van der Waals surface area contributed by atoms with Gasteiger partial charge in [-0.05, 0) is 55.0 Å². The highest BCUT2D eigenvalue weighted by atomic mass is 16.4. The molecule has 5 unspecified atom stereocenters. The third kappa shape index (κ3) is 8.79. The van der Waals surface area contributed by atoms with Gasteiger partial charge in [0.2, 0.25) is 17.7 Å². The van der Waals surface area contributed by atoms with Crippen LogP contribution < -0.4 is 21.7 Å². The summed E-state index contributed by atoms with van der Waals surface area (Å²) in [5.41, 5.74) is 8.43. The molecule has 12 nitrogen and oxygen atoms in total. The van der Waals surface area contributed by atoms with Gasteiger partial charge in [0.05, 0.1) is 12.1 Å². The predicted octanol–water partition coefficient (Wildman–Crippen LogP) is 0.952. The molecule has 0 aliphatic carbocycles. The zero-order valence-electron chi connectivity index (χ0n) is 23.8. The number of aromatic hydroxyl groups is 1. The van der Waals surface area contributed by atoms with Crippen molar-refractivity contribution in [2.45, 2.75) is 70.3 Å². The molecule has 1 aromatic heterocycles. The molecule has 3 aromatic rings. The lowest BCUT2D eigenvalue weighted by Gasteiger charge is -2.27. The van der Waals surface area contributed by atoms with Crippen LogP contribution >= 0.6 is 0 Å². The number of carbonyl (C=O) groups excluding carboxylic acids is 3. The zero-order chi connectivity index (χ0) is 31.0. The van der Waals surface area contributed by atoms with Gasteiger partial charge in [0, 0.05) is 23.5 Å².